The van der Waals surface area contributed by atoms with Crippen LogP contribution in [0.15, 0.2) is 37.5 Å². The molecule has 0 amide bonds. The van der Waals surface area contributed by atoms with Gasteiger partial charge in [-0.25, -0.2) is 0 Å². The van der Waals surface area contributed by atoms with E-state index in [1.807, 2.05) is 12.2 Å². The summed E-state index contributed by atoms with van der Waals surface area (Å²) in [5, 5.41) is 0. The third kappa shape index (κ3) is 12.6. The molecule has 0 atom stereocenters. The van der Waals surface area contributed by atoms with Crippen LogP contribution in [0.2, 0.25) is 0 Å². The largest absolute Gasteiger partial charge is 0.502 e. The Morgan fingerprint density at radius 2 is 1.44 bits per heavy atom. The number of hydrogen-bond donors (Lipinski definition) is 0. The van der Waals surface area contributed by atoms with Crippen LogP contribution in [0, 0.1) is 0 Å². The van der Waals surface area contributed by atoms with Gasteiger partial charge in [-0.05, 0) is 18.6 Å². The summed E-state index contributed by atoms with van der Waals surface area (Å²) >= 11 is 0. The molecular formula is C13H22O3. The van der Waals surface area contributed by atoms with E-state index in [0.717, 1.165) is 25.9 Å². The summed E-state index contributed by atoms with van der Waals surface area (Å²) in [5.41, 5.74) is 0. The molecule has 0 aliphatic rings. The van der Waals surface area contributed by atoms with Crippen molar-refractivity contribution in [3.05, 3.63) is 37.5 Å². The molecule has 92 valence electrons. The fraction of sp³-hybridized carbons (Fsp3) is 0.538. The van der Waals surface area contributed by atoms with E-state index in [1.54, 1.807) is 12.5 Å². The maximum atomic E-state index is 5.25. The van der Waals surface area contributed by atoms with Crippen LogP contribution in [0.25, 0.3) is 0 Å². The van der Waals surface area contributed by atoms with Crippen LogP contribution in [0.4, 0.5) is 0 Å². The highest BCUT2D eigenvalue weighted by Crippen LogP contribution is 1.91. The van der Waals surface area contributed by atoms with E-state index in [9.17, 15) is 0 Å². The molecule has 0 saturated carbocycles. The first-order chi connectivity index (χ1) is 7.91. The topological polar surface area (TPSA) is 27.7 Å². The van der Waals surface area contributed by atoms with Crippen LogP contribution in [-0.2, 0) is 14.2 Å². The Kier molecular flexibility index (Phi) is 12.4. The molecule has 3 nitrogen and oxygen atoms in total. The summed E-state index contributed by atoms with van der Waals surface area (Å²) in [4.78, 5) is 0. The monoisotopic (exact) mass is 226 g/mol. The molecular weight excluding hydrogens is 204 g/mol. The average molecular weight is 226 g/mol. The van der Waals surface area contributed by atoms with E-state index in [2.05, 4.69) is 13.5 Å². The smallest absolute Gasteiger partial charge is 0.0908 e. The Morgan fingerprint density at radius 3 is 2.00 bits per heavy atom. The fourth-order valence-electron chi connectivity index (χ4n) is 0.882. The summed E-state index contributed by atoms with van der Waals surface area (Å²) in [5.74, 6) is 0. The molecule has 0 unspecified atom stereocenters. The molecule has 0 rings (SSSR count). The molecule has 3 heteroatoms. The first-order valence-corrected chi connectivity index (χ1v) is 5.67. The predicted octanol–water partition coefficient (Wildman–Crippen LogP) is 3.40. The van der Waals surface area contributed by atoms with Crippen molar-refractivity contribution >= 4 is 0 Å². The Balaban J connectivity index is 3.13. The van der Waals surface area contributed by atoms with Gasteiger partial charge < -0.3 is 14.2 Å². The van der Waals surface area contributed by atoms with Crippen molar-refractivity contribution < 1.29 is 14.2 Å². The summed E-state index contributed by atoms with van der Waals surface area (Å²) in [6, 6.07) is 0. The first-order valence-electron chi connectivity index (χ1n) is 5.67. The highest BCUT2D eigenvalue weighted by molar-refractivity contribution is 4.76. The van der Waals surface area contributed by atoms with Crippen LogP contribution in [-0.4, -0.2) is 19.8 Å². The molecule has 0 aliphatic heterocycles. The zero-order valence-electron chi connectivity index (χ0n) is 10.1. The van der Waals surface area contributed by atoms with Crippen LogP contribution in [0.3, 0.4) is 0 Å². The Morgan fingerprint density at radius 1 is 0.875 bits per heavy atom. The fourth-order valence-corrected chi connectivity index (χ4v) is 0.882. The molecule has 16 heavy (non-hydrogen) atoms. The van der Waals surface area contributed by atoms with Gasteiger partial charge in [-0.2, -0.15) is 0 Å². The maximum Gasteiger partial charge on any atom is 0.0908 e. The quantitative estimate of drug-likeness (QED) is 0.399. The van der Waals surface area contributed by atoms with Crippen molar-refractivity contribution in [2.24, 2.45) is 0 Å². The average Bonchev–Trinajstić information content (AvgIpc) is 2.31. The van der Waals surface area contributed by atoms with Crippen LogP contribution < -0.4 is 0 Å². The molecule has 0 heterocycles. The maximum absolute atomic E-state index is 5.25. The van der Waals surface area contributed by atoms with E-state index in [4.69, 9.17) is 14.2 Å². The van der Waals surface area contributed by atoms with Gasteiger partial charge in [0.2, 0.25) is 0 Å². The van der Waals surface area contributed by atoms with Gasteiger partial charge in [-0.15, -0.1) is 0 Å². The normalized spacial score (nSPS) is 10.8. The lowest BCUT2D eigenvalue weighted by Gasteiger charge is -1.98. The lowest BCUT2D eigenvalue weighted by molar-refractivity contribution is 0.236. The molecule has 0 spiro atoms. The van der Waals surface area contributed by atoms with E-state index in [0.29, 0.717) is 13.2 Å². The minimum atomic E-state index is 0.647. The van der Waals surface area contributed by atoms with Gasteiger partial charge in [-0.3, -0.25) is 0 Å². The van der Waals surface area contributed by atoms with Gasteiger partial charge in [0, 0.05) is 12.8 Å². The van der Waals surface area contributed by atoms with Crippen LogP contribution in [0.5, 0.6) is 0 Å². The van der Waals surface area contributed by atoms with Gasteiger partial charge in [0.15, 0.2) is 0 Å². The number of ether oxygens (including phenoxy) is 3. The number of rotatable bonds is 11. The summed E-state index contributed by atoms with van der Waals surface area (Å²) in [6.45, 7) is 7.63. The second kappa shape index (κ2) is 13.6. The highest BCUT2D eigenvalue weighted by atomic mass is 16.5. The van der Waals surface area contributed by atoms with Crippen molar-refractivity contribution in [1.29, 1.82) is 0 Å². The van der Waals surface area contributed by atoms with E-state index in [-0.39, 0.29) is 0 Å². The van der Waals surface area contributed by atoms with Crippen molar-refractivity contribution in [3.63, 3.8) is 0 Å². The lowest BCUT2D eigenvalue weighted by Crippen LogP contribution is -1.87. The molecule has 0 radical (unpaired) electrons. The Labute approximate surface area is 98.4 Å². The van der Waals surface area contributed by atoms with E-state index in [1.165, 1.54) is 6.26 Å². The van der Waals surface area contributed by atoms with Crippen molar-refractivity contribution in [2.45, 2.75) is 26.2 Å². The molecule has 0 aliphatic carbocycles. The SMILES string of the molecule is C=COCCC=COCCC=COCCC. The van der Waals surface area contributed by atoms with Gasteiger partial charge in [0.25, 0.3) is 0 Å². The Hall–Kier alpha value is -1.38. The standard InChI is InChI=1S/C13H22O3/c1-3-9-15-11-7-8-13-16-12-6-5-10-14-4-2/h4,6-7,11-12H,2-3,5,8-10,13H2,1H3. The third-order valence-corrected chi connectivity index (χ3v) is 1.63. The molecule has 0 bridgehead atoms. The summed E-state index contributed by atoms with van der Waals surface area (Å²) in [6.07, 6.45) is 11.5. The van der Waals surface area contributed by atoms with E-state index < -0.39 is 0 Å². The summed E-state index contributed by atoms with van der Waals surface area (Å²) in [7, 11) is 0. The minimum absolute atomic E-state index is 0.647. The molecule has 0 aromatic rings. The number of hydrogen-bond acceptors (Lipinski definition) is 3. The second-order valence-electron chi connectivity index (χ2n) is 3.10. The third-order valence-electron chi connectivity index (χ3n) is 1.63. The molecule has 0 aromatic heterocycles. The first kappa shape index (κ1) is 14.6. The van der Waals surface area contributed by atoms with Crippen LogP contribution >= 0.6 is 0 Å². The van der Waals surface area contributed by atoms with Crippen LogP contribution in [0.1, 0.15) is 26.2 Å². The Bertz CT molecular complexity index is 197. The van der Waals surface area contributed by atoms with Crippen molar-refractivity contribution in [2.75, 3.05) is 19.8 Å². The van der Waals surface area contributed by atoms with Gasteiger partial charge in [-0.1, -0.05) is 13.5 Å². The van der Waals surface area contributed by atoms with Gasteiger partial charge in [0.1, 0.15) is 0 Å². The molecule has 0 fully saturated rings. The van der Waals surface area contributed by atoms with E-state index >= 15 is 0 Å². The van der Waals surface area contributed by atoms with Gasteiger partial charge in [0.05, 0.1) is 38.6 Å². The predicted molar refractivity (Wildman–Crippen MR) is 65.9 cm³/mol. The second-order valence-corrected chi connectivity index (χ2v) is 3.10. The molecule has 0 saturated heterocycles. The highest BCUT2D eigenvalue weighted by Gasteiger charge is 1.81. The van der Waals surface area contributed by atoms with Crippen molar-refractivity contribution in [1.82, 2.24) is 0 Å². The molecule has 0 aromatic carbocycles. The zero-order chi connectivity index (χ0) is 11.9. The minimum Gasteiger partial charge on any atom is -0.502 e. The van der Waals surface area contributed by atoms with Crippen molar-refractivity contribution in [3.8, 4) is 0 Å². The molecule has 0 N–H and O–H groups in total. The van der Waals surface area contributed by atoms with Gasteiger partial charge >= 0.3 is 0 Å². The lowest BCUT2D eigenvalue weighted by atomic mass is 10.4. The summed E-state index contributed by atoms with van der Waals surface area (Å²) < 4.78 is 15.4. The zero-order valence-corrected chi connectivity index (χ0v) is 10.1.